The predicted molar refractivity (Wildman–Crippen MR) is 92.2 cm³/mol. The van der Waals surface area contributed by atoms with Crippen molar-refractivity contribution in [2.45, 2.75) is 31.4 Å². The Kier molecular flexibility index (Phi) is 5.65. The van der Waals surface area contributed by atoms with Gasteiger partial charge in [0, 0.05) is 45.2 Å². The molecule has 0 spiro atoms. The van der Waals surface area contributed by atoms with Crippen LogP contribution in [0.3, 0.4) is 0 Å². The molecule has 0 aromatic carbocycles. The van der Waals surface area contributed by atoms with Crippen molar-refractivity contribution >= 4 is 5.91 Å². The number of carbonyl (C=O) groups excluding carboxylic acids is 1. The van der Waals surface area contributed by atoms with Gasteiger partial charge in [-0.2, -0.15) is 0 Å². The highest BCUT2D eigenvalue weighted by Gasteiger charge is 2.35. The van der Waals surface area contributed by atoms with E-state index in [2.05, 4.69) is 9.97 Å². The van der Waals surface area contributed by atoms with Crippen LogP contribution in [0.4, 0.5) is 0 Å². The second kappa shape index (κ2) is 8.11. The van der Waals surface area contributed by atoms with Crippen molar-refractivity contribution < 1.29 is 14.3 Å². The first-order chi connectivity index (χ1) is 12.2. The molecule has 1 aliphatic heterocycles. The first-order valence-electron chi connectivity index (χ1n) is 8.47. The fourth-order valence-electron chi connectivity index (χ4n) is 3.14. The molecule has 0 bridgehead atoms. The highest BCUT2D eigenvalue weighted by molar-refractivity contribution is 5.77. The molecule has 0 unspecified atom stereocenters. The van der Waals surface area contributed by atoms with Crippen LogP contribution in [-0.4, -0.2) is 57.7 Å². The number of nitrogens with zero attached hydrogens (tertiary/aromatic N) is 4. The zero-order valence-electron chi connectivity index (χ0n) is 14.7. The summed E-state index contributed by atoms with van der Waals surface area (Å²) in [6.07, 6.45) is 8.92. The monoisotopic (exact) mass is 344 g/mol. The number of methoxy groups -OCH3 is 1. The second-order valence-corrected chi connectivity index (χ2v) is 6.29. The summed E-state index contributed by atoms with van der Waals surface area (Å²) >= 11 is 0. The lowest BCUT2D eigenvalue weighted by Gasteiger charge is -2.24. The van der Waals surface area contributed by atoms with Crippen molar-refractivity contribution in [1.82, 2.24) is 19.4 Å². The van der Waals surface area contributed by atoms with Crippen LogP contribution in [0.25, 0.3) is 0 Å². The SMILES string of the molecule is CO[C@@H]1C[C@@H](COc2cccnc2)N(C(=O)CCc2cncn2C)C1. The van der Waals surface area contributed by atoms with Gasteiger partial charge in [0.05, 0.1) is 24.7 Å². The number of aryl methyl sites for hydroxylation is 2. The molecular weight excluding hydrogens is 320 g/mol. The molecule has 1 fully saturated rings. The number of amides is 1. The summed E-state index contributed by atoms with van der Waals surface area (Å²) in [5.41, 5.74) is 1.05. The van der Waals surface area contributed by atoms with Gasteiger partial charge in [0.2, 0.25) is 5.91 Å². The van der Waals surface area contributed by atoms with Gasteiger partial charge in [-0.25, -0.2) is 4.98 Å². The van der Waals surface area contributed by atoms with Crippen LogP contribution >= 0.6 is 0 Å². The second-order valence-electron chi connectivity index (χ2n) is 6.29. The van der Waals surface area contributed by atoms with Crippen molar-refractivity contribution in [3.63, 3.8) is 0 Å². The molecule has 2 aromatic heterocycles. The molecule has 0 N–H and O–H groups in total. The minimum absolute atomic E-state index is 0.0178. The van der Waals surface area contributed by atoms with Crippen LogP contribution in [0.15, 0.2) is 37.1 Å². The van der Waals surface area contributed by atoms with Crippen LogP contribution < -0.4 is 4.74 Å². The Hall–Kier alpha value is -2.41. The summed E-state index contributed by atoms with van der Waals surface area (Å²) < 4.78 is 13.2. The van der Waals surface area contributed by atoms with Crippen LogP contribution in [0.2, 0.25) is 0 Å². The lowest BCUT2D eigenvalue weighted by Crippen LogP contribution is -2.39. The van der Waals surface area contributed by atoms with E-state index >= 15 is 0 Å². The minimum Gasteiger partial charge on any atom is -0.490 e. The van der Waals surface area contributed by atoms with Crippen molar-refractivity contribution in [3.05, 3.63) is 42.7 Å². The van der Waals surface area contributed by atoms with Crippen LogP contribution in [0, 0.1) is 0 Å². The molecule has 2 aromatic rings. The fourth-order valence-corrected chi connectivity index (χ4v) is 3.14. The van der Waals surface area contributed by atoms with E-state index in [9.17, 15) is 4.79 Å². The molecule has 0 saturated carbocycles. The molecule has 7 heteroatoms. The minimum atomic E-state index is 0.0178. The van der Waals surface area contributed by atoms with Gasteiger partial charge in [-0.05, 0) is 25.0 Å². The van der Waals surface area contributed by atoms with Crippen molar-refractivity contribution in [2.75, 3.05) is 20.3 Å². The molecule has 3 heterocycles. The largest absolute Gasteiger partial charge is 0.490 e. The maximum atomic E-state index is 12.7. The Labute approximate surface area is 147 Å². The van der Waals surface area contributed by atoms with Gasteiger partial charge < -0.3 is 18.9 Å². The fraction of sp³-hybridized carbons (Fsp3) is 0.500. The molecule has 2 atom stereocenters. The van der Waals surface area contributed by atoms with E-state index in [-0.39, 0.29) is 18.1 Å². The molecular formula is C18H24N4O3. The molecule has 3 rings (SSSR count). The summed E-state index contributed by atoms with van der Waals surface area (Å²) in [4.78, 5) is 22.7. The average Bonchev–Trinajstić information content (AvgIpc) is 3.24. The Morgan fingerprint density at radius 2 is 2.24 bits per heavy atom. The maximum Gasteiger partial charge on any atom is 0.223 e. The highest BCUT2D eigenvalue weighted by Crippen LogP contribution is 2.22. The van der Waals surface area contributed by atoms with Gasteiger partial charge >= 0.3 is 0 Å². The van der Waals surface area contributed by atoms with Gasteiger partial charge in [0.15, 0.2) is 0 Å². The number of imidazole rings is 1. The smallest absolute Gasteiger partial charge is 0.223 e. The Morgan fingerprint density at radius 1 is 1.36 bits per heavy atom. The third kappa shape index (κ3) is 4.36. The third-order valence-electron chi connectivity index (χ3n) is 4.62. The number of hydrogen-bond donors (Lipinski definition) is 0. The van der Waals surface area contributed by atoms with Gasteiger partial charge in [-0.1, -0.05) is 0 Å². The predicted octanol–water partition coefficient (Wildman–Crippen LogP) is 1.44. The first-order valence-corrected chi connectivity index (χ1v) is 8.47. The number of ether oxygens (including phenoxy) is 2. The molecule has 1 saturated heterocycles. The number of pyridine rings is 1. The van der Waals surface area contributed by atoms with Gasteiger partial charge in [0.1, 0.15) is 12.4 Å². The zero-order valence-corrected chi connectivity index (χ0v) is 14.7. The van der Waals surface area contributed by atoms with E-state index in [1.54, 1.807) is 32.0 Å². The summed E-state index contributed by atoms with van der Waals surface area (Å²) in [6.45, 7) is 1.06. The molecule has 0 aliphatic carbocycles. The lowest BCUT2D eigenvalue weighted by atomic mass is 10.2. The topological polar surface area (TPSA) is 69.5 Å². The number of hydrogen-bond acceptors (Lipinski definition) is 5. The van der Waals surface area contributed by atoms with Crippen molar-refractivity contribution in [1.29, 1.82) is 0 Å². The Morgan fingerprint density at radius 3 is 2.92 bits per heavy atom. The quantitative estimate of drug-likeness (QED) is 0.760. The average molecular weight is 344 g/mol. The van der Waals surface area contributed by atoms with Gasteiger partial charge in [-0.3, -0.25) is 9.78 Å². The molecule has 7 nitrogen and oxygen atoms in total. The van der Waals surface area contributed by atoms with Crippen LogP contribution in [-0.2, 0) is 23.0 Å². The number of aromatic nitrogens is 3. The Bertz CT molecular complexity index is 689. The van der Waals surface area contributed by atoms with Gasteiger partial charge in [-0.15, -0.1) is 0 Å². The third-order valence-corrected chi connectivity index (χ3v) is 4.62. The Balaban J connectivity index is 1.58. The zero-order chi connectivity index (χ0) is 17.6. The summed E-state index contributed by atoms with van der Waals surface area (Å²) in [5, 5.41) is 0. The van der Waals surface area contributed by atoms with Crippen LogP contribution in [0.1, 0.15) is 18.5 Å². The molecule has 0 radical (unpaired) electrons. The highest BCUT2D eigenvalue weighted by atomic mass is 16.5. The van der Waals surface area contributed by atoms with E-state index in [0.717, 1.165) is 12.1 Å². The first kappa shape index (κ1) is 17.4. The summed E-state index contributed by atoms with van der Waals surface area (Å²) in [5.74, 6) is 0.839. The maximum absolute atomic E-state index is 12.7. The van der Waals surface area contributed by atoms with E-state index in [4.69, 9.17) is 9.47 Å². The number of carbonyl (C=O) groups is 1. The summed E-state index contributed by atoms with van der Waals surface area (Å²) in [7, 11) is 3.63. The lowest BCUT2D eigenvalue weighted by molar-refractivity contribution is -0.132. The van der Waals surface area contributed by atoms with Crippen molar-refractivity contribution in [3.8, 4) is 5.75 Å². The molecule has 134 valence electrons. The molecule has 1 amide bonds. The summed E-state index contributed by atoms with van der Waals surface area (Å²) in [6, 6.07) is 3.72. The van der Waals surface area contributed by atoms with E-state index < -0.39 is 0 Å². The number of rotatable bonds is 7. The molecule has 25 heavy (non-hydrogen) atoms. The standard InChI is InChI=1S/C18H24N4O3/c1-21-13-20-9-14(21)5-6-18(23)22-11-17(24-2)8-15(22)12-25-16-4-3-7-19-10-16/h3-4,7,9-10,13,15,17H,5-6,8,11-12H2,1-2H3/t15-,17+/m0/s1. The van der Waals surface area contributed by atoms with Crippen LogP contribution in [0.5, 0.6) is 5.75 Å². The van der Waals surface area contributed by atoms with E-state index in [0.29, 0.717) is 31.7 Å². The number of likely N-dealkylation sites (tertiary alicyclic amines) is 1. The van der Waals surface area contributed by atoms with Crippen molar-refractivity contribution in [2.24, 2.45) is 7.05 Å². The van der Waals surface area contributed by atoms with Gasteiger partial charge in [0.25, 0.3) is 0 Å². The normalized spacial score (nSPS) is 20.0. The van der Waals surface area contributed by atoms with E-state index in [1.807, 2.05) is 28.6 Å². The molecule has 1 aliphatic rings. The van der Waals surface area contributed by atoms with E-state index in [1.165, 1.54) is 0 Å².